The van der Waals surface area contributed by atoms with Crippen molar-refractivity contribution in [2.24, 2.45) is 5.92 Å². The molecule has 1 aliphatic heterocycles. The summed E-state index contributed by atoms with van der Waals surface area (Å²) in [6.07, 6.45) is 4.52. The summed E-state index contributed by atoms with van der Waals surface area (Å²) in [6.45, 7) is 5.98. The quantitative estimate of drug-likeness (QED) is 0.838. The summed E-state index contributed by atoms with van der Waals surface area (Å²) in [5.41, 5.74) is 1.56. The third kappa shape index (κ3) is 4.71. The van der Waals surface area contributed by atoms with E-state index >= 15 is 0 Å². The van der Waals surface area contributed by atoms with Crippen LogP contribution in [0.1, 0.15) is 56.3 Å². The molecule has 0 bridgehead atoms. The number of amides is 1. The maximum atomic E-state index is 11.8. The Kier molecular flexibility index (Phi) is 6.02. The van der Waals surface area contributed by atoms with Gasteiger partial charge in [-0.05, 0) is 43.4 Å². The Hall–Kier alpha value is -2.04. The topological polar surface area (TPSA) is 69.6 Å². The average Bonchev–Trinajstić information content (AvgIpc) is 2.52. The van der Waals surface area contributed by atoms with Crippen LogP contribution in [0, 0.1) is 5.92 Å². The van der Waals surface area contributed by atoms with Crippen LogP contribution in [0.4, 0.5) is 11.4 Å². The fraction of sp³-hybridized carbons (Fsp3) is 0.556. The minimum absolute atomic E-state index is 0.0671. The second-order valence-corrected chi connectivity index (χ2v) is 6.38. The lowest BCUT2D eigenvalue weighted by Gasteiger charge is -2.33. The fourth-order valence-corrected chi connectivity index (χ4v) is 3.03. The molecule has 126 valence electrons. The summed E-state index contributed by atoms with van der Waals surface area (Å²) in [5, 5.41) is 12.3. The minimum Gasteiger partial charge on any atom is -0.478 e. The van der Waals surface area contributed by atoms with Crippen molar-refractivity contribution in [3.8, 4) is 0 Å². The molecule has 5 nitrogen and oxygen atoms in total. The molecular formula is C18H26N2O3. The second-order valence-electron chi connectivity index (χ2n) is 6.38. The lowest BCUT2D eigenvalue weighted by atomic mass is 9.98. The number of carbonyl (C=O) groups is 2. The predicted molar refractivity (Wildman–Crippen MR) is 92.2 cm³/mol. The van der Waals surface area contributed by atoms with E-state index in [2.05, 4.69) is 17.1 Å². The minimum atomic E-state index is -0.956. The highest BCUT2D eigenvalue weighted by Crippen LogP contribution is 2.28. The SMILES string of the molecule is CCCCC(=O)Nc1ccc(N2CCC[C@H](C)C2)c(C(=O)O)c1. The largest absolute Gasteiger partial charge is 0.478 e. The van der Waals surface area contributed by atoms with Gasteiger partial charge in [-0.3, -0.25) is 4.79 Å². The molecule has 0 saturated carbocycles. The summed E-state index contributed by atoms with van der Waals surface area (Å²) >= 11 is 0. The van der Waals surface area contributed by atoms with Gasteiger partial charge in [0, 0.05) is 25.2 Å². The van der Waals surface area contributed by atoms with Crippen LogP contribution in [0.15, 0.2) is 18.2 Å². The number of nitrogens with zero attached hydrogens (tertiary/aromatic N) is 1. The smallest absolute Gasteiger partial charge is 0.337 e. The van der Waals surface area contributed by atoms with Crippen LogP contribution in [0.25, 0.3) is 0 Å². The monoisotopic (exact) mass is 318 g/mol. The third-order valence-corrected chi connectivity index (χ3v) is 4.27. The van der Waals surface area contributed by atoms with Gasteiger partial charge in [-0.15, -0.1) is 0 Å². The maximum Gasteiger partial charge on any atom is 0.337 e. The summed E-state index contributed by atoms with van der Waals surface area (Å²) in [7, 11) is 0. The van der Waals surface area contributed by atoms with Gasteiger partial charge in [0.15, 0.2) is 0 Å². The summed E-state index contributed by atoms with van der Waals surface area (Å²) < 4.78 is 0. The molecule has 1 aromatic carbocycles. The molecule has 1 atom stereocenters. The summed E-state index contributed by atoms with van der Waals surface area (Å²) in [4.78, 5) is 25.6. The fourth-order valence-electron chi connectivity index (χ4n) is 3.03. The number of unbranched alkanes of at least 4 members (excludes halogenated alkanes) is 1. The van der Waals surface area contributed by atoms with Gasteiger partial charge < -0.3 is 15.3 Å². The number of carbonyl (C=O) groups excluding carboxylic acids is 1. The molecule has 0 unspecified atom stereocenters. The van der Waals surface area contributed by atoms with E-state index in [1.807, 2.05) is 13.0 Å². The van der Waals surface area contributed by atoms with Crippen LogP contribution in [0.3, 0.4) is 0 Å². The van der Waals surface area contributed by atoms with E-state index in [0.29, 0.717) is 18.0 Å². The predicted octanol–water partition coefficient (Wildman–Crippen LogP) is 3.75. The number of hydrogen-bond acceptors (Lipinski definition) is 3. The highest BCUT2D eigenvalue weighted by Gasteiger charge is 2.21. The molecule has 0 aromatic heterocycles. The zero-order valence-electron chi connectivity index (χ0n) is 14.0. The van der Waals surface area contributed by atoms with Gasteiger partial charge in [-0.2, -0.15) is 0 Å². The Morgan fingerprint density at radius 2 is 2.17 bits per heavy atom. The average molecular weight is 318 g/mol. The van der Waals surface area contributed by atoms with E-state index in [-0.39, 0.29) is 11.5 Å². The first kappa shape index (κ1) is 17.3. The van der Waals surface area contributed by atoms with Gasteiger partial charge in [0.25, 0.3) is 0 Å². The summed E-state index contributed by atoms with van der Waals surface area (Å²) in [5.74, 6) is -0.454. The number of hydrogen-bond donors (Lipinski definition) is 2. The standard InChI is InChI=1S/C18H26N2O3/c1-3-4-7-17(21)19-14-8-9-16(15(11-14)18(22)23)20-10-5-6-13(2)12-20/h8-9,11,13H,3-7,10,12H2,1-2H3,(H,19,21)(H,22,23)/t13-/m0/s1. The molecule has 2 rings (SSSR count). The number of benzene rings is 1. The van der Waals surface area contributed by atoms with E-state index in [1.54, 1.807) is 12.1 Å². The van der Waals surface area contributed by atoms with Gasteiger partial charge >= 0.3 is 5.97 Å². The summed E-state index contributed by atoms with van der Waals surface area (Å²) in [6, 6.07) is 5.18. The van der Waals surface area contributed by atoms with Gasteiger partial charge in [-0.1, -0.05) is 20.3 Å². The maximum absolute atomic E-state index is 11.8. The highest BCUT2D eigenvalue weighted by molar-refractivity contribution is 5.98. The van der Waals surface area contributed by atoms with Crippen LogP contribution in [-0.4, -0.2) is 30.1 Å². The normalized spacial score (nSPS) is 17.8. The molecule has 1 heterocycles. The highest BCUT2D eigenvalue weighted by atomic mass is 16.4. The number of aromatic carboxylic acids is 1. The molecule has 1 aliphatic rings. The Morgan fingerprint density at radius 1 is 1.39 bits per heavy atom. The molecular weight excluding hydrogens is 292 g/mol. The molecule has 0 spiro atoms. The first-order valence-corrected chi connectivity index (χ1v) is 8.43. The number of carboxylic acids is 1. The molecule has 23 heavy (non-hydrogen) atoms. The Morgan fingerprint density at radius 3 is 2.83 bits per heavy atom. The van der Waals surface area contributed by atoms with Crippen molar-refractivity contribution < 1.29 is 14.7 Å². The van der Waals surface area contributed by atoms with Crippen molar-refractivity contribution in [1.82, 2.24) is 0 Å². The third-order valence-electron chi connectivity index (χ3n) is 4.27. The van der Waals surface area contributed by atoms with Crippen LogP contribution < -0.4 is 10.2 Å². The zero-order valence-corrected chi connectivity index (χ0v) is 14.0. The van der Waals surface area contributed by atoms with E-state index in [9.17, 15) is 14.7 Å². The number of anilines is 2. The van der Waals surface area contributed by atoms with Crippen LogP contribution in [-0.2, 0) is 4.79 Å². The Balaban J connectivity index is 2.17. The number of rotatable bonds is 6. The molecule has 0 aliphatic carbocycles. The molecule has 2 N–H and O–H groups in total. The number of nitrogens with one attached hydrogen (secondary N) is 1. The molecule has 1 fully saturated rings. The Labute approximate surface area is 137 Å². The molecule has 5 heteroatoms. The molecule has 1 aromatic rings. The van der Waals surface area contributed by atoms with E-state index in [4.69, 9.17) is 0 Å². The first-order chi connectivity index (χ1) is 11.0. The van der Waals surface area contributed by atoms with Gasteiger partial charge in [-0.25, -0.2) is 4.79 Å². The zero-order chi connectivity index (χ0) is 16.8. The van der Waals surface area contributed by atoms with Crippen molar-refractivity contribution in [3.63, 3.8) is 0 Å². The van der Waals surface area contributed by atoms with Crippen LogP contribution in [0.5, 0.6) is 0 Å². The van der Waals surface area contributed by atoms with Crippen molar-refractivity contribution in [1.29, 1.82) is 0 Å². The van der Waals surface area contributed by atoms with E-state index in [0.717, 1.165) is 38.0 Å². The first-order valence-electron chi connectivity index (χ1n) is 8.43. The molecule has 0 radical (unpaired) electrons. The van der Waals surface area contributed by atoms with Gasteiger partial charge in [0.05, 0.1) is 11.3 Å². The Bertz CT molecular complexity index is 571. The lowest BCUT2D eigenvalue weighted by Crippen LogP contribution is -2.35. The van der Waals surface area contributed by atoms with Crippen LogP contribution >= 0.6 is 0 Å². The van der Waals surface area contributed by atoms with Gasteiger partial charge in [0.2, 0.25) is 5.91 Å². The van der Waals surface area contributed by atoms with Crippen molar-refractivity contribution in [2.45, 2.75) is 46.0 Å². The lowest BCUT2D eigenvalue weighted by molar-refractivity contribution is -0.116. The van der Waals surface area contributed by atoms with E-state index < -0.39 is 5.97 Å². The van der Waals surface area contributed by atoms with Crippen molar-refractivity contribution >= 4 is 23.3 Å². The van der Waals surface area contributed by atoms with Crippen molar-refractivity contribution in [2.75, 3.05) is 23.3 Å². The second kappa shape index (κ2) is 7.99. The molecule has 1 saturated heterocycles. The van der Waals surface area contributed by atoms with Crippen LogP contribution in [0.2, 0.25) is 0 Å². The van der Waals surface area contributed by atoms with E-state index in [1.165, 1.54) is 6.42 Å². The molecule has 1 amide bonds. The number of piperidine rings is 1. The number of carboxylic acid groups (broad SMARTS) is 1. The van der Waals surface area contributed by atoms with Gasteiger partial charge in [0.1, 0.15) is 0 Å². The van der Waals surface area contributed by atoms with Crippen molar-refractivity contribution in [3.05, 3.63) is 23.8 Å².